The summed E-state index contributed by atoms with van der Waals surface area (Å²) in [6.45, 7) is 8.33. The van der Waals surface area contributed by atoms with Crippen molar-refractivity contribution in [2.75, 3.05) is 0 Å². The molecule has 1 atom stereocenters. The zero-order valence-electron chi connectivity index (χ0n) is 16.7. The summed E-state index contributed by atoms with van der Waals surface area (Å²) < 4.78 is 0. The lowest BCUT2D eigenvalue weighted by atomic mass is 9.73. The number of hydrogen-bond donors (Lipinski definition) is 1. The van der Waals surface area contributed by atoms with Gasteiger partial charge in [0.15, 0.2) is 5.78 Å². The second kappa shape index (κ2) is 7.67. The van der Waals surface area contributed by atoms with Crippen LogP contribution in [0.25, 0.3) is 10.8 Å². The van der Waals surface area contributed by atoms with E-state index < -0.39 is 0 Å². The molecule has 1 unspecified atom stereocenters. The van der Waals surface area contributed by atoms with Crippen LogP contribution >= 0.6 is 0 Å². The average molecular weight is 364 g/mol. The van der Waals surface area contributed by atoms with Crippen molar-refractivity contribution < 1.29 is 9.90 Å². The maximum absolute atomic E-state index is 12.9. The molecule has 142 valence electrons. The third-order valence-electron chi connectivity index (χ3n) is 5.35. The van der Waals surface area contributed by atoms with Crippen molar-refractivity contribution in [2.24, 2.45) is 10.4 Å². The van der Waals surface area contributed by atoms with Gasteiger partial charge in [0, 0.05) is 24.6 Å². The third-order valence-corrected chi connectivity index (χ3v) is 5.35. The highest BCUT2D eigenvalue weighted by Crippen LogP contribution is 2.36. The van der Waals surface area contributed by atoms with E-state index in [1.54, 1.807) is 0 Å². The number of benzene rings is 2. The van der Waals surface area contributed by atoms with Crippen molar-refractivity contribution in [3.63, 3.8) is 0 Å². The fraction of sp³-hybridized carbons (Fsp3) is 0.417. The van der Waals surface area contributed by atoms with Crippen LogP contribution < -0.4 is 0 Å². The van der Waals surface area contributed by atoms with E-state index >= 15 is 0 Å². The molecule has 1 aliphatic carbocycles. The van der Waals surface area contributed by atoms with Crippen molar-refractivity contribution in [1.29, 1.82) is 0 Å². The Kier molecular flexibility index (Phi) is 5.50. The van der Waals surface area contributed by atoms with Gasteiger partial charge in [-0.05, 0) is 41.5 Å². The number of ketones is 1. The van der Waals surface area contributed by atoms with Crippen molar-refractivity contribution in [2.45, 2.75) is 59.4 Å². The standard InChI is InChI=1S/C24H29NO2/c1-5-16(2)25-20-14-24(3,4)15-22(27)23(20)21(26)13-18-11-8-10-17-9-6-7-12-19(17)18/h6-12,16,26H,5,13-15H2,1-4H3/b23-21+,25-20?. The molecule has 0 heterocycles. The van der Waals surface area contributed by atoms with E-state index in [2.05, 4.69) is 45.9 Å². The molecular weight excluding hydrogens is 334 g/mol. The minimum Gasteiger partial charge on any atom is -0.511 e. The van der Waals surface area contributed by atoms with Crippen LogP contribution in [0.3, 0.4) is 0 Å². The largest absolute Gasteiger partial charge is 0.511 e. The molecule has 0 spiro atoms. The first kappa shape index (κ1) is 19.3. The minimum absolute atomic E-state index is 0.00559. The van der Waals surface area contributed by atoms with Crippen molar-refractivity contribution in [1.82, 2.24) is 0 Å². The molecule has 27 heavy (non-hydrogen) atoms. The Morgan fingerprint density at radius 3 is 2.59 bits per heavy atom. The van der Waals surface area contributed by atoms with Crippen LogP contribution in [0, 0.1) is 5.41 Å². The molecule has 3 rings (SSSR count). The monoisotopic (exact) mass is 363 g/mol. The topological polar surface area (TPSA) is 49.7 Å². The van der Waals surface area contributed by atoms with Gasteiger partial charge in [0.05, 0.1) is 5.57 Å². The van der Waals surface area contributed by atoms with E-state index in [0.29, 0.717) is 18.4 Å². The maximum Gasteiger partial charge on any atom is 0.168 e. The van der Waals surface area contributed by atoms with E-state index in [-0.39, 0.29) is 23.0 Å². The van der Waals surface area contributed by atoms with Crippen LogP contribution in [0.2, 0.25) is 0 Å². The summed E-state index contributed by atoms with van der Waals surface area (Å²) in [6.07, 6.45) is 2.43. The Morgan fingerprint density at radius 2 is 1.85 bits per heavy atom. The lowest BCUT2D eigenvalue weighted by molar-refractivity contribution is -0.117. The van der Waals surface area contributed by atoms with Crippen LogP contribution in [-0.4, -0.2) is 22.6 Å². The highest BCUT2D eigenvalue weighted by molar-refractivity contribution is 6.24. The summed E-state index contributed by atoms with van der Waals surface area (Å²) in [7, 11) is 0. The molecule has 0 bridgehead atoms. The van der Waals surface area contributed by atoms with Gasteiger partial charge < -0.3 is 5.11 Å². The lowest BCUT2D eigenvalue weighted by Crippen LogP contribution is -2.33. The van der Waals surface area contributed by atoms with Crippen LogP contribution in [0.15, 0.2) is 58.8 Å². The van der Waals surface area contributed by atoms with E-state index in [1.165, 1.54) is 0 Å². The number of aliphatic hydroxyl groups excluding tert-OH is 1. The van der Waals surface area contributed by atoms with Crippen LogP contribution in [0.4, 0.5) is 0 Å². The quantitative estimate of drug-likeness (QED) is 0.549. The third kappa shape index (κ3) is 4.29. The Hall–Kier alpha value is -2.42. The fourth-order valence-corrected chi connectivity index (χ4v) is 3.80. The average Bonchev–Trinajstić information content (AvgIpc) is 2.60. The van der Waals surface area contributed by atoms with Crippen molar-refractivity contribution >= 4 is 22.3 Å². The van der Waals surface area contributed by atoms with Gasteiger partial charge in [0.25, 0.3) is 0 Å². The van der Waals surface area contributed by atoms with Gasteiger partial charge in [0.1, 0.15) is 5.76 Å². The molecule has 0 radical (unpaired) electrons. The molecule has 0 aliphatic heterocycles. The first-order valence-corrected chi connectivity index (χ1v) is 9.79. The second-order valence-corrected chi connectivity index (χ2v) is 8.41. The highest BCUT2D eigenvalue weighted by atomic mass is 16.3. The number of carbonyl (C=O) groups excluding carboxylic acids is 1. The molecule has 3 nitrogen and oxygen atoms in total. The van der Waals surface area contributed by atoms with Gasteiger partial charge in [-0.25, -0.2) is 0 Å². The molecular formula is C24H29NO2. The molecule has 1 saturated carbocycles. The van der Waals surface area contributed by atoms with Crippen molar-refractivity contribution in [3.8, 4) is 0 Å². The number of hydrogen-bond acceptors (Lipinski definition) is 3. The Morgan fingerprint density at radius 1 is 1.15 bits per heavy atom. The number of nitrogens with zero attached hydrogens (tertiary/aromatic N) is 1. The molecule has 1 N–H and O–H groups in total. The van der Waals surface area contributed by atoms with Gasteiger partial charge >= 0.3 is 0 Å². The summed E-state index contributed by atoms with van der Waals surface area (Å²) in [4.78, 5) is 17.7. The molecule has 2 aromatic rings. The number of rotatable bonds is 4. The summed E-state index contributed by atoms with van der Waals surface area (Å²) in [5.74, 6) is 0.153. The normalized spacial score (nSPS) is 21.5. The Balaban J connectivity index is 2.04. The van der Waals surface area contributed by atoms with Gasteiger partial charge in [-0.3, -0.25) is 9.79 Å². The van der Waals surface area contributed by atoms with E-state index in [0.717, 1.165) is 34.9 Å². The second-order valence-electron chi connectivity index (χ2n) is 8.41. The first-order valence-electron chi connectivity index (χ1n) is 9.79. The van der Waals surface area contributed by atoms with Crippen LogP contribution in [-0.2, 0) is 11.2 Å². The molecule has 3 heteroatoms. The highest BCUT2D eigenvalue weighted by Gasteiger charge is 2.36. The van der Waals surface area contributed by atoms with E-state index in [1.807, 2.05) is 24.3 Å². The molecule has 0 amide bonds. The van der Waals surface area contributed by atoms with Crippen LogP contribution in [0.1, 0.15) is 52.5 Å². The van der Waals surface area contributed by atoms with E-state index in [9.17, 15) is 9.90 Å². The smallest absolute Gasteiger partial charge is 0.168 e. The number of Topliss-reactive ketones (excluding diaryl/α,β-unsaturated/α-hetero) is 1. The van der Waals surface area contributed by atoms with E-state index in [4.69, 9.17) is 4.99 Å². The summed E-state index contributed by atoms with van der Waals surface area (Å²) in [5, 5.41) is 13.2. The van der Waals surface area contributed by atoms with Gasteiger partial charge in [-0.1, -0.05) is 63.2 Å². The number of fused-ring (bicyclic) bond motifs is 1. The molecule has 2 aromatic carbocycles. The Bertz CT molecular complexity index is 916. The molecule has 1 aliphatic rings. The molecule has 0 saturated heterocycles. The number of aliphatic hydroxyl groups is 1. The van der Waals surface area contributed by atoms with Crippen LogP contribution in [0.5, 0.6) is 0 Å². The number of allylic oxidation sites excluding steroid dienone is 2. The van der Waals surface area contributed by atoms with Gasteiger partial charge in [-0.15, -0.1) is 0 Å². The zero-order chi connectivity index (χ0) is 19.6. The summed E-state index contributed by atoms with van der Waals surface area (Å²) in [5.41, 5.74) is 2.12. The predicted molar refractivity (Wildman–Crippen MR) is 113 cm³/mol. The lowest BCUT2D eigenvalue weighted by Gasteiger charge is -2.32. The van der Waals surface area contributed by atoms with Crippen molar-refractivity contribution in [3.05, 3.63) is 59.4 Å². The summed E-state index contributed by atoms with van der Waals surface area (Å²) in [6, 6.07) is 14.3. The number of carbonyl (C=O) groups is 1. The SMILES string of the molecule is CCC(C)N=C1CC(C)(C)CC(=O)/C1=C(/O)Cc1cccc2ccccc12. The summed E-state index contributed by atoms with van der Waals surface area (Å²) >= 11 is 0. The first-order chi connectivity index (χ1) is 12.8. The number of aliphatic imine (C=N–C) groups is 1. The maximum atomic E-state index is 12.9. The molecule has 0 aromatic heterocycles. The zero-order valence-corrected chi connectivity index (χ0v) is 16.7. The van der Waals surface area contributed by atoms with Gasteiger partial charge in [-0.2, -0.15) is 0 Å². The minimum atomic E-state index is -0.118. The molecule has 1 fully saturated rings. The fourth-order valence-electron chi connectivity index (χ4n) is 3.80. The Labute approximate surface area is 161 Å². The van der Waals surface area contributed by atoms with Gasteiger partial charge in [0.2, 0.25) is 0 Å². The predicted octanol–water partition coefficient (Wildman–Crippen LogP) is 5.82.